The van der Waals surface area contributed by atoms with Crippen molar-refractivity contribution in [2.45, 2.75) is 51.5 Å². The maximum atomic E-state index is 12.3. The molecule has 2 aliphatic carbocycles. The van der Waals surface area contributed by atoms with Gasteiger partial charge in [0.1, 0.15) is 0 Å². The van der Waals surface area contributed by atoms with E-state index < -0.39 is 0 Å². The van der Waals surface area contributed by atoms with Crippen molar-refractivity contribution in [1.29, 1.82) is 0 Å². The Hall–Kier alpha value is -1.58. The number of fused-ring (bicyclic) bond motifs is 1. The average molecular weight is 288 g/mol. The minimum atomic E-state index is -0.0271. The smallest absolute Gasteiger partial charge is 0.223 e. The largest absolute Gasteiger partial charge is 0.363 e. The molecule has 1 amide bonds. The number of aromatic amines is 1. The molecule has 0 aromatic carbocycles. The van der Waals surface area contributed by atoms with Crippen molar-refractivity contribution in [2.75, 3.05) is 0 Å². The Bertz CT molecular complexity index is 552. The fourth-order valence-electron chi connectivity index (χ4n) is 4.03. The van der Waals surface area contributed by atoms with Crippen LogP contribution in [0.5, 0.6) is 0 Å². The molecule has 0 saturated heterocycles. The van der Waals surface area contributed by atoms with E-state index in [9.17, 15) is 9.59 Å². The van der Waals surface area contributed by atoms with E-state index in [1.165, 1.54) is 44.2 Å². The standard InChI is InChI=1S/C17H24N2O2/c20-16-7-8-18-15(10-16)11-19-17(21)14-6-5-12-3-1-2-4-13(12)9-14/h7-8,10,12-14H,1-6,9,11H2,(H,18,20)(H,19,21). The van der Waals surface area contributed by atoms with Crippen LogP contribution in [0.4, 0.5) is 0 Å². The van der Waals surface area contributed by atoms with Crippen molar-refractivity contribution in [3.8, 4) is 0 Å². The van der Waals surface area contributed by atoms with Gasteiger partial charge in [0.05, 0.1) is 6.54 Å². The van der Waals surface area contributed by atoms with Crippen molar-refractivity contribution in [3.63, 3.8) is 0 Å². The number of carbonyl (C=O) groups is 1. The molecular weight excluding hydrogens is 264 g/mol. The summed E-state index contributed by atoms with van der Waals surface area (Å²) in [6.07, 6.45) is 10.3. The molecule has 1 heterocycles. The molecule has 21 heavy (non-hydrogen) atoms. The minimum Gasteiger partial charge on any atom is -0.363 e. The predicted octanol–water partition coefficient (Wildman–Crippen LogP) is 2.60. The van der Waals surface area contributed by atoms with E-state index in [-0.39, 0.29) is 17.3 Å². The summed E-state index contributed by atoms with van der Waals surface area (Å²) in [7, 11) is 0. The lowest BCUT2D eigenvalue weighted by Crippen LogP contribution is -2.37. The highest BCUT2D eigenvalue weighted by atomic mass is 16.1. The molecule has 0 spiro atoms. The lowest BCUT2D eigenvalue weighted by Gasteiger charge is -2.38. The summed E-state index contributed by atoms with van der Waals surface area (Å²) >= 11 is 0. The first-order valence-corrected chi connectivity index (χ1v) is 8.17. The van der Waals surface area contributed by atoms with Crippen molar-refractivity contribution in [2.24, 2.45) is 17.8 Å². The first kappa shape index (κ1) is 14.4. The number of carbonyl (C=O) groups excluding carboxylic acids is 1. The zero-order valence-electron chi connectivity index (χ0n) is 12.4. The lowest BCUT2D eigenvalue weighted by atomic mass is 9.67. The van der Waals surface area contributed by atoms with Gasteiger partial charge in [-0.05, 0) is 31.1 Å². The average Bonchev–Trinajstić information content (AvgIpc) is 2.52. The molecule has 4 heteroatoms. The third-order valence-electron chi connectivity index (χ3n) is 5.20. The summed E-state index contributed by atoms with van der Waals surface area (Å²) in [4.78, 5) is 26.6. The molecule has 1 aromatic heterocycles. The second-order valence-corrected chi connectivity index (χ2v) is 6.58. The normalized spacial score (nSPS) is 28.7. The van der Waals surface area contributed by atoms with Crippen LogP contribution in [0, 0.1) is 17.8 Å². The Morgan fingerprint density at radius 1 is 1.19 bits per heavy atom. The van der Waals surface area contributed by atoms with E-state index in [0.29, 0.717) is 6.54 Å². The monoisotopic (exact) mass is 288 g/mol. The maximum Gasteiger partial charge on any atom is 0.223 e. The Labute approximate surface area is 125 Å². The molecule has 0 bridgehead atoms. The Kier molecular flexibility index (Phi) is 4.42. The van der Waals surface area contributed by atoms with Crippen LogP contribution in [0.2, 0.25) is 0 Å². The van der Waals surface area contributed by atoms with Gasteiger partial charge in [0.15, 0.2) is 5.43 Å². The summed E-state index contributed by atoms with van der Waals surface area (Å²) in [5.74, 6) is 1.96. The second-order valence-electron chi connectivity index (χ2n) is 6.58. The van der Waals surface area contributed by atoms with Gasteiger partial charge in [0.2, 0.25) is 5.91 Å². The number of H-pyrrole nitrogens is 1. The predicted molar refractivity (Wildman–Crippen MR) is 81.7 cm³/mol. The molecule has 2 aliphatic rings. The third-order valence-corrected chi connectivity index (χ3v) is 5.20. The molecule has 4 nitrogen and oxygen atoms in total. The van der Waals surface area contributed by atoms with Crippen LogP contribution >= 0.6 is 0 Å². The third kappa shape index (κ3) is 3.55. The van der Waals surface area contributed by atoms with Gasteiger partial charge in [-0.15, -0.1) is 0 Å². The highest BCUT2D eigenvalue weighted by Gasteiger charge is 2.34. The molecule has 114 valence electrons. The highest BCUT2D eigenvalue weighted by Crippen LogP contribution is 2.42. The molecule has 2 saturated carbocycles. The van der Waals surface area contributed by atoms with Gasteiger partial charge in [-0.3, -0.25) is 9.59 Å². The number of rotatable bonds is 3. The van der Waals surface area contributed by atoms with E-state index >= 15 is 0 Å². The van der Waals surface area contributed by atoms with Crippen molar-refractivity contribution >= 4 is 5.91 Å². The first-order valence-electron chi connectivity index (χ1n) is 8.17. The van der Waals surface area contributed by atoms with Crippen molar-refractivity contribution < 1.29 is 4.79 Å². The van der Waals surface area contributed by atoms with Crippen molar-refractivity contribution in [1.82, 2.24) is 10.3 Å². The van der Waals surface area contributed by atoms with Crippen LogP contribution in [0.15, 0.2) is 23.1 Å². The van der Waals surface area contributed by atoms with Crippen LogP contribution in [0.1, 0.15) is 50.6 Å². The Balaban J connectivity index is 1.52. The molecule has 0 radical (unpaired) electrons. The molecular formula is C17H24N2O2. The fourth-order valence-corrected chi connectivity index (χ4v) is 4.03. The van der Waals surface area contributed by atoms with Gasteiger partial charge in [0.25, 0.3) is 0 Å². The molecule has 2 fully saturated rings. The van der Waals surface area contributed by atoms with E-state index in [1.54, 1.807) is 6.20 Å². The summed E-state index contributed by atoms with van der Waals surface area (Å²) in [5, 5.41) is 2.98. The van der Waals surface area contributed by atoms with Gasteiger partial charge in [-0.25, -0.2) is 0 Å². The number of hydrogen-bond donors (Lipinski definition) is 2. The number of nitrogens with one attached hydrogen (secondary N) is 2. The van der Waals surface area contributed by atoms with Crippen LogP contribution in [-0.4, -0.2) is 10.9 Å². The number of aromatic nitrogens is 1. The van der Waals surface area contributed by atoms with E-state index in [0.717, 1.165) is 30.4 Å². The van der Waals surface area contributed by atoms with Crippen LogP contribution < -0.4 is 10.7 Å². The van der Waals surface area contributed by atoms with Gasteiger partial charge < -0.3 is 10.3 Å². The summed E-state index contributed by atoms with van der Waals surface area (Å²) < 4.78 is 0. The van der Waals surface area contributed by atoms with Gasteiger partial charge in [-0.1, -0.05) is 25.7 Å². The van der Waals surface area contributed by atoms with Gasteiger partial charge in [0, 0.05) is 29.9 Å². The van der Waals surface area contributed by atoms with Gasteiger partial charge in [-0.2, -0.15) is 0 Å². The topological polar surface area (TPSA) is 62.0 Å². The van der Waals surface area contributed by atoms with Gasteiger partial charge >= 0.3 is 0 Å². The maximum absolute atomic E-state index is 12.3. The lowest BCUT2D eigenvalue weighted by molar-refractivity contribution is -0.127. The second kappa shape index (κ2) is 6.46. The Morgan fingerprint density at radius 3 is 2.81 bits per heavy atom. The zero-order chi connectivity index (χ0) is 14.7. The summed E-state index contributed by atoms with van der Waals surface area (Å²) in [6.45, 7) is 0.416. The molecule has 3 rings (SSSR count). The molecule has 3 unspecified atom stereocenters. The fraction of sp³-hybridized carbons (Fsp3) is 0.647. The van der Waals surface area contributed by atoms with Crippen molar-refractivity contribution in [3.05, 3.63) is 34.2 Å². The summed E-state index contributed by atoms with van der Waals surface area (Å²) in [6, 6.07) is 3.02. The molecule has 1 aromatic rings. The summed E-state index contributed by atoms with van der Waals surface area (Å²) in [5.41, 5.74) is 0.739. The molecule has 0 aliphatic heterocycles. The Morgan fingerprint density at radius 2 is 2.00 bits per heavy atom. The van der Waals surface area contributed by atoms with Crippen LogP contribution in [0.25, 0.3) is 0 Å². The SMILES string of the molecule is O=C(NCc1cc(=O)cc[nH]1)C1CCC2CCCCC2C1. The minimum absolute atomic E-state index is 0.0271. The number of hydrogen-bond acceptors (Lipinski definition) is 2. The van der Waals surface area contributed by atoms with E-state index in [4.69, 9.17) is 0 Å². The van der Waals surface area contributed by atoms with E-state index in [2.05, 4.69) is 10.3 Å². The van der Waals surface area contributed by atoms with Crippen LogP contribution in [-0.2, 0) is 11.3 Å². The quantitative estimate of drug-likeness (QED) is 0.898. The van der Waals surface area contributed by atoms with E-state index in [1.807, 2.05) is 0 Å². The molecule has 2 N–H and O–H groups in total. The first-order chi connectivity index (χ1) is 10.2. The number of pyridine rings is 1. The molecule has 3 atom stereocenters. The highest BCUT2D eigenvalue weighted by molar-refractivity contribution is 5.78. The van der Waals surface area contributed by atoms with Crippen LogP contribution in [0.3, 0.4) is 0 Å². The zero-order valence-corrected chi connectivity index (χ0v) is 12.4. The number of amides is 1.